The maximum Gasteiger partial charge on any atom is 0.327 e. The van der Waals surface area contributed by atoms with Gasteiger partial charge in [0, 0.05) is 39.9 Å². The van der Waals surface area contributed by atoms with E-state index in [1.165, 1.54) is 10.5 Å². The zero-order chi connectivity index (χ0) is 22.6. The summed E-state index contributed by atoms with van der Waals surface area (Å²) in [7, 11) is 3.28. The van der Waals surface area contributed by atoms with Gasteiger partial charge in [-0.3, -0.25) is 14.6 Å². The molecule has 172 valence electrons. The molecule has 8 heteroatoms. The van der Waals surface area contributed by atoms with Crippen LogP contribution < -0.4 is 4.74 Å². The largest absolute Gasteiger partial charge is 0.497 e. The van der Waals surface area contributed by atoms with E-state index in [2.05, 4.69) is 21.7 Å². The third kappa shape index (κ3) is 4.53. The molecule has 3 amide bonds. The highest BCUT2D eigenvalue weighted by Crippen LogP contribution is 2.38. The van der Waals surface area contributed by atoms with E-state index in [1.54, 1.807) is 25.6 Å². The first kappa shape index (κ1) is 22.8. The summed E-state index contributed by atoms with van der Waals surface area (Å²) in [5, 5.41) is 4.26. The molecular formula is C24H31N3O4S. The predicted molar refractivity (Wildman–Crippen MR) is 124 cm³/mol. The van der Waals surface area contributed by atoms with Crippen LogP contribution in [0, 0.1) is 0 Å². The Balaban J connectivity index is 1.50. The lowest BCUT2D eigenvalue weighted by molar-refractivity contribution is -0.136. The first-order valence-corrected chi connectivity index (χ1v) is 12.0. The number of hydrogen-bond acceptors (Lipinski definition) is 6. The van der Waals surface area contributed by atoms with Gasteiger partial charge >= 0.3 is 6.03 Å². The topological polar surface area (TPSA) is 62.3 Å². The van der Waals surface area contributed by atoms with Crippen molar-refractivity contribution in [1.82, 2.24) is 14.7 Å². The molecule has 2 aromatic rings. The third-order valence-corrected chi connectivity index (χ3v) is 7.25. The average molecular weight is 458 g/mol. The van der Waals surface area contributed by atoms with E-state index in [0.717, 1.165) is 30.9 Å². The zero-order valence-electron chi connectivity index (χ0n) is 18.8. The van der Waals surface area contributed by atoms with Crippen molar-refractivity contribution in [3.63, 3.8) is 0 Å². The smallest absolute Gasteiger partial charge is 0.327 e. The Morgan fingerprint density at radius 1 is 1.00 bits per heavy atom. The molecule has 32 heavy (non-hydrogen) atoms. The Hall–Kier alpha value is -2.42. The summed E-state index contributed by atoms with van der Waals surface area (Å²) < 4.78 is 10.4. The van der Waals surface area contributed by atoms with Gasteiger partial charge in [-0.15, -0.1) is 0 Å². The average Bonchev–Trinajstić information content (AvgIpc) is 3.39. The molecular weight excluding hydrogens is 426 g/mol. The number of carbonyl (C=O) groups is 2. The molecule has 0 bridgehead atoms. The van der Waals surface area contributed by atoms with E-state index in [4.69, 9.17) is 9.47 Å². The molecule has 2 fully saturated rings. The van der Waals surface area contributed by atoms with Crippen LogP contribution in [0.5, 0.6) is 5.75 Å². The molecule has 2 saturated heterocycles. The number of rotatable bonds is 9. The Morgan fingerprint density at radius 2 is 1.75 bits per heavy atom. The molecule has 0 unspecified atom stereocenters. The second kappa shape index (κ2) is 10.0. The van der Waals surface area contributed by atoms with E-state index in [0.29, 0.717) is 32.4 Å². The van der Waals surface area contributed by atoms with Crippen molar-refractivity contribution in [3.8, 4) is 5.75 Å². The maximum atomic E-state index is 13.7. The van der Waals surface area contributed by atoms with Gasteiger partial charge in [0.2, 0.25) is 0 Å². The van der Waals surface area contributed by atoms with Gasteiger partial charge in [0.1, 0.15) is 11.3 Å². The molecule has 7 nitrogen and oxygen atoms in total. The minimum Gasteiger partial charge on any atom is -0.497 e. The molecule has 0 saturated carbocycles. The Bertz CT molecular complexity index is 908. The number of amides is 3. The van der Waals surface area contributed by atoms with Gasteiger partial charge in [0.15, 0.2) is 0 Å². The second-order valence-corrected chi connectivity index (χ2v) is 9.24. The summed E-state index contributed by atoms with van der Waals surface area (Å²) in [6, 6.07) is 9.48. The van der Waals surface area contributed by atoms with Crippen LogP contribution >= 0.6 is 11.3 Å². The summed E-state index contributed by atoms with van der Waals surface area (Å²) in [5.41, 5.74) is 1.47. The summed E-state index contributed by atoms with van der Waals surface area (Å²) in [4.78, 5) is 32.7. The van der Waals surface area contributed by atoms with Crippen LogP contribution in [-0.4, -0.2) is 72.6 Å². The number of likely N-dealkylation sites (tertiary alicyclic amines) is 1. The molecule has 1 spiro atoms. The molecule has 1 aromatic heterocycles. The third-order valence-electron chi connectivity index (χ3n) is 6.52. The second-order valence-electron chi connectivity index (χ2n) is 8.46. The number of thiophene rings is 1. The normalized spacial score (nSPS) is 18.7. The Kier molecular flexibility index (Phi) is 7.13. The highest BCUT2D eigenvalue weighted by Gasteiger charge is 2.57. The quantitative estimate of drug-likeness (QED) is 0.425. The van der Waals surface area contributed by atoms with Crippen molar-refractivity contribution in [2.45, 2.75) is 37.9 Å². The predicted octanol–water partition coefficient (Wildman–Crippen LogP) is 3.59. The lowest BCUT2D eigenvalue weighted by Gasteiger charge is -2.42. The lowest BCUT2D eigenvalue weighted by Crippen LogP contribution is -2.56. The first-order chi connectivity index (χ1) is 15.6. The maximum absolute atomic E-state index is 13.7. The van der Waals surface area contributed by atoms with Crippen LogP contribution in [0.25, 0.3) is 0 Å². The number of nitrogens with zero attached hydrogens (tertiary/aromatic N) is 3. The molecule has 1 aromatic carbocycles. The van der Waals surface area contributed by atoms with Crippen molar-refractivity contribution in [2.75, 3.05) is 40.5 Å². The van der Waals surface area contributed by atoms with Crippen molar-refractivity contribution in [2.24, 2.45) is 0 Å². The van der Waals surface area contributed by atoms with E-state index >= 15 is 0 Å². The van der Waals surface area contributed by atoms with Gasteiger partial charge in [0.05, 0.1) is 13.7 Å². The highest BCUT2D eigenvalue weighted by atomic mass is 32.1. The zero-order valence-corrected chi connectivity index (χ0v) is 19.6. The Morgan fingerprint density at radius 3 is 2.38 bits per heavy atom. The van der Waals surface area contributed by atoms with Gasteiger partial charge in [-0.2, -0.15) is 11.3 Å². The summed E-state index contributed by atoms with van der Waals surface area (Å²) >= 11 is 1.70. The minimum atomic E-state index is -0.748. The number of hydrogen-bond donors (Lipinski definition) is 0. The molecule has 0 aliphatic carbocycles. The highest BCUT2D eigenvalue weighted by molar-refractivity contribution is 7.07. The van der Waals surface area contributed by atoms with Crippen LogP contribution in [0.2, 0.25) is 0 Å². The molecule has 3 heterocycles. The lowest BCUT2D eigenvalue weighted by atomic mass is 9.85. The van der Waals surface area contributed by atoms with E-state index < -0.39 is 5.54 Å². The fraction of sp³-hybridized carbons (Fsp3) is 0.500. The SMILES string of the molecule is COCCCN1C(=O)N(Cc2ccc(OC)cc2)C(=O)C12CCN(Cc1ccsc1)CC2. The Labute approximate surface area is 193 Å². The monoisotopic (exact) mass is 457 g/mol. The van der Waals surface area contributed by atoms with E-state index in [9.17, 15) is 9.59 Å². The molecule has 2 aliphatic rings. The van der Waals surface area contributed by atoms with Gasteiger partial charge in [-0.25, -0.2) is 4.79 Å². The molecule has 0 atom stereocenters. The van der Waals surface area contributed by atoms with Gasteiger partial charge < -0.3 is 14.4 Å². The van der Waals surface area contributed by atoms with Gasteiger partial charge in [0.25, 0.3) is 5.91 Å². The van der Waals surface area contributed by atoms with Crippen LogP contribution in [-0.2, 0) is 22.6 Å². The summed E-state index contributed by atoms with van der Waals surface area (Å²) in [6.07, 6.45) is 2.04. The molecule has 0 radical (unpaired) electrons. The number of imide groups is 1. The van der Waals surface area contributed by atoms with Gasteiger partial charge in [-0.1, -0.05) is 12.1 Å². The number of urea groups is 1. The fourth-order valence-electron chi connectivity index (χ4n) is 4.72. The van der Waals surface area contributed by atoms with Crippen LogP contribution in [0.1, 0.15) is 30.4 Å². The standard InChI is InChI=1S/C24H31N3O4S/c1-30-14-3-11-27-23(29)26(17-19-4-6-21(31-2)7-5-19)22(28)24(27)9-12-25(13-10-24)16-20-8-15-32-18-20/h4-8,15,18H,3,9-14,16-17H2,1-2H3. The van der Waals surface area contributed by atoms with Crippen molar-refractivity contribution in [1.29, 1.82) is 0 Å². The van der Waals surface area contributed by atoms with Crippen LogP contribution in [0.15, 0.2) is 41.1 Å². The minimum absolute atomic E-state index is 0.0640. The van der Waals surface area contributed by atoms with E-state index in [1.807, 2.05) is 29.2 Å². The number of benzene rings is 1. The molecule has 2 aliphatic heterocycles. The van der Waals surface area contributed by atoms with Crippen molar-refractivity contribution >= 4 is 23.3 Å². The number of ether oxygens (including phenoxy) is 2. The number of piperidine rings is 1. The van der Waals surface area contributed by atoms with Gasteiger partial charge in [-0.05, 0) is 59.3 Å². The van der Waals surface area contributed by atoms with Crippen molar-refractivity contribution < 1.29 is 19.1 Å². The van der Waals surface area contributed by atoms with Crippen LogP contribution in [0.4, 0.5) is 4.79 Å². The number of methoxy groups -OCH3 is 2. The molecule has 4 rings (SSSR count). The van der Waals surface area contributed by atoms with Crippen LogP contribution in [0.3, 0.4) is 0 Å². The first-order valence-electron chi connectivity index (χ1n) is 11.1. The number of carbonyl (C=O) groups excluding carboxylic acids is 2. The summed E-state index contributed by atoms with van der Waals surface area (Å²) in [6.45, 7) is 3.86. The molecule has 0 N–H and O–H groups in total. The fourth-order valence-corrected chi connectivity index (χ4v) is 5.38. The van der Waals surface area contributed by atoms with Crippen molar-refractivity contribution in [3.05, 3.63) is 52.2 Å². The van der Waals surface area contributed by atoms with E-state index in [-0.39, 0.29) is 18.5 Å². The summed E-state index contributed by atoms with van der Waals surface area (Å²) in [5.74, 6) is 0.689.